The number of fused-ring (bicyclic) bond motifs is 1. The predicted molar refractivity (Wildman–Crippen MR) is 85.5 cm³/mol. The highest BCUT2D eigenvalue weighted by Crippen LogP contribution is 2.22. The Hall–Kier alpha value is -1.30. The third kappa shape index (κ3) is 3.42. The number of oxazole rings is 1. The van der Waals surface area contributed by atoms with E-state index in [-0.39, 0.29) is 0 Å². The molecule has 2 heterocycles. The Morgan fingerprint density at radius 2 is 2.15 bits per heavy atom. The Balaban J connectivity index is 1.43. The van der Waals surface area contributed by atoms with Crippen LogP contribution in [0, 0.1) is 6.92 Å². The molecule has 0 aliphatic carbocycles. The first-order valence-corrected chi connectivity index (χ1v) is 8.36. The van der Waals surface area contributed by atoms with Gasteiger partial charge in [-0.3, -0.25) is 0 Å². The molecule has 0 radical (unpaired) electrons. The minimum absolute atomic E-state index is 0.750. The molecule has 0 atom stereocenters. The van der Waals surface area contributed by atoms with Gasteiger partial charge in [-0.1, -0.05) is 23.9 Å². The Kier molecular flexibility index (Phi) is 4.40. The third-order valence-electron chi connectivity index (χ3n) is 2.87. The van der Waals surface area contributed by atoms with Gasteiger partial charge in [-0.05, 0) is 31.2 Å². The van der Waals surface area contributed by atoms with E-state index in [2.05, 4.69) is 29.4 Å². The summed E-state index contributed by atoms with van der Waals surface area (Å²) in [4.78, 5) is 7.19. The molecule has 0 fully saturated rings. The van der Waals surface area contributed by atoms with Gasteiger partial charge in [0.2, 0.25) is 0 Å². The van der Waals surface area contributed by atoms with Gasteiger partial charge in [-0.2, -0.15) is 0 Å². The van der Waals surface area contributed by atoms with Gasteiger partial charge in [-0.15, -0.1) is 11.3 Å². The number of aryl methyl sites for hydroxylation is 1. The summed E-state index contributed by atoms with van der Waals surface area (Å²) in [6.45, 7) is 4.02. The predicted octanol–water partition coefficient (Wildman–Crippen LogP) is 4.08. The molecule has 3 nitrogen and oxygen atoms in total. The van der Waals surface area contributed by atoms with Crippen molar-refractivity contribution in [2.45, 2.75) is 18.7 Å². The van der Waals surface area contributed by atoms with Gasteiger partial charge in [0, 0.05) is 28.6 Å². The second-order valence-electron chi connectivity index (χ2n) is 4.49. The van der Waals surface area contributed by atoms with Crippen molar-refractivity contribution in [2.75, 3.05) is 12.3 Å². The average molecular weight is 304 g/mol. The molecule has 3 rings (SSSR count). The summed E-state index contributed by atoms with van der Waals surface area (Å²) in [6.07, 6.45) is 0. The monoisotopic (exact) mass is 304 g/mol. The van der Waals surface area contributed by atoms with Crippen LogP contribution in [0.5, 0.6) is 0 Å². The Bertz CT molecular complexity index is 657. The molecule has 20 heavy (non-hydrogen) atoms. The van der Waals surface area contributed by atoms with Gasteiger partial charge in [-0.25, -0.2) is 4.98 Å². The first-order valence-electron chi connectivity index (χ1n) is 6.56. The van der Waals surface area contributed by atoms with Gasteiger partial charge < -0.3 is 9.73 Å². The molecule has 0 saturated carbocycles. The maximum atomic E-state index is 5.66. The first kappa shape index (κ1) is 13.7. The molecule has 1 N–H and O–H groups in total. The number of thioether (sulfide) groups is 1. The van der Waals surface area contributed by atoms with Crippen molar-refractivity contribution >= 4 is 34.2 Å². The zero-order valence-corrected chi connectivity index (χ0v) is 12.9. The summed E-state index contributed by atoms with van der Waals surface area (Å²) in [5, 5.41) is 4.19. The van der Waals surface area contributed by atoms with Gasteiger partial charge in [0.15, 0.2) is 5.58 Å². The van der Waals surface area contributed by atoms with E-state index in [1.54, 1.807) is 11.8 Å². The molecule has 0 saturated heterocycles. The molecule has 2 aromatic heterocycles. The Labute approximate surface area is 126 Å². The molecule has 104 valence electrons. The van der Waals surface area contributed by atoms with Crippen LogP contribution in [-0.4, -0.2) is 17.3 Å². The molecule has 0 aliphatic rings. The van der Waals surface area contributed by atoms with Crippen LogP contribution in [0.2, 0.25) is 0 Å². The number of aromatic nitrogens is 1. The van der Waals surface area contributed by atoms with E-state index < -0.39 is 0 Å². The second-order valence-corrected chi connectivity index (χ2v) is 6.90. The number of hydrogen-bond acceptors (Lipinski definition) is 5. The molecular formula is C15H16N2OS2. The molecule has 3 aromatic rings. The van der Waals surface area contributed by atoms with Crippen LogP contribution in [0.4, 0.5) is 0 Å². The van der Waals surface area contributed by atoms with Crippen molar-refractivity contribution < 1.29 is 4.42 Å². The van der Waals surface area contributed by atoms with Gasteiger partial charge in [0.25, 0.3) is 5.22 Å². The smallest absolute Gasteiger partial charge is 0.256 e. The fraction of sp³-hybridized carbons (Fsp3) is 0.267. The van der Waals surface area contributed by atoms with Gasteiger partial charge in [0.05, 0.1) is 0 Å². The molecule has 1 aromatic carbocycles. The second kappa shape index (κ2) is 6.43. The molecule has 0 aliphatic heterocycles. The standard InChI is InChI=1S/C15H16N2OS2/c1-11-6-7-12(20-11)10-16-8-9-19-15-17-13-4-2-3-5-14(13)18-15/h2-7,16H,8-10H2,1H3. The number of hydrogen-bond donors (Lipinski definition) is 1. The Morgan fingerprint density at radius 1 is 1.25 bits per heavy atom. The summed E-state index contributed by atoms with van der Waals surface area (Å²) in [6, 6.07) is 12.2. The molecular weight excluding hydrogens is 288 g/mol. The summed E-state index contributed by atoms with van der Waals surface area (Å²) < 4.78 is 5.66. The number of nitrogens with zero attached hydrogens (tertiary/aromatic N) is 1. The lowest BCUT2D eigenvalue weighted by Gasteiger charge is -2.00. The van der Waals surface area contributed by atoms with Crippen molar-refractivity contribution in [1.29, 1.82) is 0 Å². The lowest BCUT2D eigenvalue weighted by Crippen LogP contribution is -2.15. The lowest BCUT2D eigenvalue weighted by molar-refractivity contribution is 0.489. The maximum Gasteiger partial charge on any atom is 0.256 e. The highest BCUT2D eigenvalue weighted by atomic mass is 32.2. The van der Waals surface area contributed by atoms with Gasteiger partial charge in [0.1, 0.15) is 5.52 Å². The number of rotatable bonds is 6. The topological polar surface area (TPSA) is 38.1 Å². The minimum Gasteiger partial charge on any atom is -0.431 e. The largest absolute Gasteiger partial charge is 0.431 e. The first-order chi connectivity index (χ1) is 9.81. The van der Waals surface area contributed by atoms with E-state index in [1.165, 1.54) is 9.75 Å². The van der Waals surface area contributed by atoms with Crippen LogP contribution < -0.4 is 5.32 Å². The third-order valence-corrected chi connectivity index (χ3v) is 4.70. The summed E-state index contributed by atoms with van der Waals surface area (Å²) in [7, 11) is 0. The van der Waals surface area contributed by atoms with E-state index >= 15 is 0 Å². The van der Waals surface area contributed by atoms with Crippen molar-refractivity contribution in [3.05, 3.63) is 46.2 Å². The summed E-state index contributed by atoms with van der Waals surface area (Å²) in [5.74, 6) is 0.956. The van der Waals surface area contributed by atoms with E-state index in [0.29, 0.717) is 0 Å². The molecule has 0 bridgehead atoms. The molecule has 0 amide bonds. The summed E-state index contributed by atoms with van der Waals surface area (Å²) >= 11 is 3.49. The van der Waals surface area contributed by atoms with E-state index in [9.17, 15) is 0 Å². The number of thiophene rings is 1. The van der Waals surface area contributed by atoms with Crippen LogP contribution in [0.15, 0.2) is 46.0 Å². The van der Waals surface area contributed by atoms with Crippen LogP contribution in [0.3, 0.4) is 0 Å². The number of benzene rings is 1. The van der Waals surface area contributed by atoms with Crippen LogP contribution >= 0.6 is 23.1 Å². The van der Waals surface area contributed by atoms with Crippen molar-refractivity contribution in [1.82, 2.24) is 10.3 Å². The quantitative estimate of drug-likeness (QED) is 0.550. The van der Waals surface area contributed by atoms with Gasteiger partial charge >= 0.3 is 0 Å². The van der Waals surface area contributed by atoms with E-state index in [1.807, 2.05) is 35.6 Å². The summed E-state index contributed by atoms with van der Waals surface area (Å²) in [5.41, 5.74) is 1.79. The maximum absolute atomic E-state index is 5.66. The SMILES string of the molecule is Cc1ccc(CNCCSc2nc3ccccc3o2)s1. The van der Waals surface area contributed by atoms with E-state index in [4.69, 9.17) is 4.42 Å². The van der Waals surface area contributed by atoms with Crippen molar-refractivity contribution in [3.63, 3.8) is 0 Å². The van der Waals surface area contributed by atoms with E-state index in [0.717, 1.165) is 35.2 Å². The van der Waals surface area contributed by atoms with Crippen LogP contribution in [0.25, 0.3) is 11.1 Å². The zero-order valence-electron chi connectivity index (χ0n) is 11.3. The fourth-order valence-electron chi connectivity index (χ4n) is 1.92. The molecule has 0 unspecified atom stereocenters. The average Bonchev–Trinajstić information content (AvgIpc) is 3.04. The van der Waals surface area contributed by atoms with Crippen LogP contribution in [-0.2, 0) is 6.54 Å². The van der Waals surface area contributed by atoms with Crippen molar-refractivity contribution in [3.8, 4) is 0 Å². The normalized spacial score (nSPS) is 11.2. The number of para-hydroxylation sites is 2. The highest BCUT2D eigenvalue weighted by molar-refractivity contribution is 7.99. The molecule has 5 heteroatoms. The minimum atomic E-state index is 0.750. The molecule has 0 spiro atoms. The lowest BCUT2D eigenvalue weighted by atomic mass is 10.3. The highest BCUT2D eigenvalue weighted by Gasteiger charge is 2.04. The number of nitrogens with one attached hydrogen (secondary N) is 1. The van der Waals surface area contributed by atoms with Crippen LogP contribution in [0.1, 0.15) is 9.75 Å². The fourth-order valence-corrected chi connectivity index (χ4v) is 3.51. The Morgan fingerprint density at radius 3 is 2.95 bits per heavy atom. The van der Waals surface area contributed by atoms with Crippen molar-refractivity contribution in [2.24, 2.45) is 0 Å². The zero-order chi connectivity index (χ0) is 13.8.